The molecule has 4 aromatic carbocycles. The maximum Gasteiger partial charge on any atom is 0.123 e. The highest BCUT2D eigenvalue weighted by Gasteiger charge is 2.24. The van der Waals surface area contributed by atoms with Gasteiger partial charge in [0.05, 0.1) is 0 Å². The lowest BCUT2D eigenvalue weighted by molar-refractivity contribution is 0.338. The van der Waals surface area contributed by atoms with Crippen molar-refractivity contribution in [3.8, 4) is 16.9 Å². The first kappa shape index (κ1) is 18.0. The van der Waals surface area contributed by atoms with Crippen molar-refractivity contribution >= 4 is 10.8 Å². The average Bonchev–Trinajstić information content (AvgIpc) is 2.92. The standard InChI is InChI=1S/C27H25NO/c1-28-14-13-23-16-25(22-12-11-19-7-5-6-10-21(19)15-22)27(29)17-24(23)26(18-28)20-8-3-2-4-9-20/h2-12,15-17,26,29H,13-14,18H2,1H3. The lowest BCUT2D eigenvalue weighted by Crippen LogP contribution is -2.24. The Hall–Kier alpha value is -3.10. The van der Waals surface area contributed by atoms with Crippen LogP contribution < -0.4 is 0 Å². The van der Waals surface area contributed by atoms with Crippen molar-refractivity contribution in [3.05, 3.63) is 102 Å². The molecular formula is C27H25NO. The summed E-state index contributed by atoms with van der Waals surface area (Å²) in [6.07, 6.45) is 0.996. The van der Waals surface area contributed by atoms with E-state index in [1.807, 2.05) is 6.07 Å². The summed E-state index contributed by atoms with van der Waals surface area (Å²) in [7, 11) is 2.19. The Bertz CT molecular complexity index is 1170. The monoisotopic (exact) mass is 379 g/mol. The molecule has 1 aliphatic rings. The van der Waals surface area contributed by atoms with Gasteiger partial charge in [-0.25, -0.2) is 0 Å². The highest BCUT2D eigenvalue weighted by atomic mass is 16.3. The highest BCUT2D eigenvalue weighted by molar-refractivity contribution is 5.88. The predicted octanol–water partition coefficient (Wildman–Crippen LogP) is 5.83. The minimum Gasteiger partial charge on any atom is -0.507 e. The number of likely N-dealkylation sites (N-methyl/N-ethyl adjacent to an activating group) is 1. The molecule has 1 heterocycles. The second-order valence-electron chi connectivity index (χ2n) is 8.11. The number of aromatic hydroxyl groups is 1. The Labute approximate surface area is 172 Å². The molecule has 1 atom stereocenters. The molecule has 0 aliphatic carbocycles. The van der Waals surface area contributed by atoms with Gasteiger partial charge in [0.1, 0.15) is 5.75 Å². The van der Waals surface area contributed by atoms with E-state index in [2.05, 4.69) is 90.8 Å². The summed E-state index contributed by atoms with van der Waals surface area (Å²) in [6, 6.07) is 29.7. The zero-order valence-corrected chi connectivity index (χ0v) is 16.7. The number of benzene rings is 4. The van der Waals surface area contributed by atoms with E-state index in [1.165, 1.54) is 27.5 Å². The van der Waals surface area contributed by atoms with Crippen LogP contribution in [0, 0.1) is 0 Å². The van der Waals surface area contributed by atoms with Crippen LogP contribution in [0.5, 0.6) is 5.75 Å². The fraction of sp³-hybridized carbons (Fsp3) is 0.185. The Kier molecular flexibility index (Phi) is 4.57. The SMILES string of the molecule is CN1CCc2cc(-c3ccc4ccccc4c3)c(O)cc2C(c2ccccc2)C1. The van der Waals surface area contributed by atoms with E-state index in [4.69, 9.17) is 0 Å². The molecule has 0 amide bonds. The molecule has 0 fully saturated rings. The van der Waals surface area contributed by atoms with Gasteiger partial charge in [-0.2, -0.15) is 0 Å². The molecule has 5 rings (SSSR count). The van der Waals surface area contributed by atoms with Crippen LogP contribution in [0.4, 0.5) is 0 Å². The van der Waals surface area contributed by atoms with Gasteiger partial charge in [-0.05, 0) is 64.7 Å². The van der Waals surface area contributed by atoms with Crippen LogP contribution in [-0.2, 0) is 6.42 Å². The molecular weight excluding hydrogens is 354 g/mol. The van der Waals surface area contributed by atoms with Crippen molar-refractivity contribution < 1.29 is 5.11 Å². The molecule has 0 radical (unpaired) electrons. The third-order valence-corrected chi connectivity index (χ3v) is 6.15. The second-order valence-corrected chi connectivity index (χ2v) is 8.11. The number of rotatable bonds is 2. The van der Waals surface area contributed by atoms with E-state index in [1.54, 1.807) is 0 Å². The zero-order chi connectivity index (χ0) is 19.8. The largest absolute Gasteiger partial charge is 0.507 e. The lowest BCUT2D eigenvalue weighted by Gasteiger charge is -2.22. The number of hydrogen-bond donors (Lipinski definition) is 1. The number of fused-ring (bicyclic) bond motifs is 2. The van der Waals surface area contributed by atoms with Crippen molar-refractivity contribution in [2.75, 3.05) is 20.1 Å². The van der Waals surface area contributed by atoms with Gasteiger partial charge in [-0.3, -0.25) is 0 Å². The number of nitrogens with zero attached hydrogens (tertiary/aromatic N) is 1. The normalized spacial score (nSPS) is 17.1. The second kappa shape index (κ2) is 7.38. The summed E-state index contributed by atoms with van der Waals surface area (Å²) in [5.41, 5.74) is 5.89. The Morgan fingerprint density at radius 3 is 2.41 bits per heavy atom. The van der Waals surface area contributed by atoms with E-state index in [0.717, 1.165) is 30.6 Å². The van der Waals surface area contributed by atoms with E-state index in [9.17, 15) is 5.11 Å². The first-order valence-electron chi connectivity index (χ1n) is 10.3. The van der Waals surface area contributed by atoms with Crippen molar-refractivity contribution in [2.45, 2.75) is 12.3 Å². The third kappa shape index (κ3) is 3.41. The summed E-state index contributed by atoms with van der Waals surface area (Å²) in [5.74, 6) is 0.639. The van der Waals surface area contributed by atoms with Crippen LogP contribution in [0.2, 0.25) is 0 Å². The van der Waals surface area contributed by atoms with Gasteiger partial charge >= 0.3 is 0 Å². The predicted molar refractivity (Wildman–Crippen MR) is 121 cm³/mol. The fourth-order valence-corrected chi connectivity index (χ4v) is 4.56. The summed E-state index contributed by atoms with van der Waals surface area (Å²) in [5, 5.41) is 13.4. The van der Waals surface area contributed by atoms with Gasteiger partial charge in [0.2, 0.25) is 0 Å². The Balaban J connectivity index is 1.63. The van der Waals surface area contributed by atoms with E-state index >= 15 is 0 Å². The van der Waals surface area contributed by atoms with Crippen LogP contribution in [0.1, 0.15) is 22.6 Å². The molecule has 0 aromatic heterocycles. The fourth-order valence-electron chi connectivity index (χ4n) is 4.56. The van der Waals surface area contributed by atoms with E-state index in [-0.39, 0.29) is 5.92 Å². The number of hydrogen-bond acceptors (Lipinski definition) is 2. The summed E-state index contributed by atoms with van der Waals surface area (Å²) in [6.45, 7) is 1.99. The molecule has 0 bridgehead atoms. The summed E-state index contributed by atoms with van der Waals surface area (Å²) in [4.78, 5) is 2.39. The quantitative estimate of drug-likeness (QED) is 0.473. The van der Waals surface area contributed by atoms with Crippen molar-refractivity contribution in [1.29, 1.82) is 0 Å². The van der Waals surface area contributed by atoms with Gasteiger partial charge in [-0.15, -0.1) is 0 Å². The molecule has 1 N–H and O–H groups in total. The molecule has 0 spiro atoms. The van der Waals surface area contributed by atoms with Crippen LogP contribution in [0.15, 0.2) is 84.9 Å². The molecule has 29 heavy (non-hydrogen) atoms. The maximum absolute atomic E-state index is 11.0. The van der Waals surface area contributed by atoms with Crippen molar-refractivity contribution in [1.82, 2.24) is 4.90 Å². The van der Waals surface area contributed by atoms with E-state index < -0.39 is 0 Å². The average molecular weight is 380 g/mol. The molecule has 2 nitrogen and oxygen atoms in total. The van der Waals surface area contributed by atoms with Gasteiger partial charge in [0.15, 0.2) is 0 Å². The molecule has 0 saturated heterocycles. The topological polar surface area (TPSA) is 23.5 Å². The summed E-state index contributed by atoms with van der Waals surface area (Å²) >= 11 is 0. The Morgan fingerprint density at radius 2 is 1.59 bits per heavy atom. The van der Waals surface area contributed by atoms with Crippen LogP contribution in [0.25, 0.3) is 21.9 Å². The Morgan fingerprint density at radius 1 is 0.828 bits per heavy atom. The van der Waals surface area contributed by atoms with Crippen molar-refractivity contribution in [3.63, 3.8) is 0 Å². The zero-order valence-electron chi connectivity index (χ0n) is 16.7. The molecule has 1 unspecified atom stereocenters. The molecule has 1 aliphatic heterocycles. The van der Waals surface area contributed by atoms with Crippen LogP contribution in [0.3, 0.4) is 0 Å². The smallest absolute Gasteiger partial charge is 0.123 e. The molecule has 4 aromatic rings. The van der Waals surface area contributed by atoms with Gasteiger partial charge in [-0.1, -0.05) is 66.7 Å². The van der Waals surface area contributed by atoms with Gasteiger partial charge < -0.3 is 10.0 Å². The minimum atomic E-state index is 0.273. The third-order valence-electron chi connectivity index (χ3n) is 6.15. The lowest BCUT2D eigenvalue weighted by atomic mass is 9.86. The molecule has 2 heteroatoms. The summed E-state index contributed by atoms with van der Waals surface area (Å²) < 4.78 is 0. The minimum absolute atomic E-state index is 0.273. The number of phenolic OH excluding ortho intramolecular Hbond substituents is 1. The number of phenols is 1. The maximum atomic E-state index is 11.0. The van der Waals surface area contributed by atoms with Gasteiger partial charge in [0, 0.05) is 24.6 Å². The van der Waals surface area contributed by atoms with Crippen LogP contribution in [-0.4, -0.2) is 30.1 Å². The highest BCUT2D eigenvalue weighted by Crippen LogP contribution is 2.39. The van der Waals surface area contributed by atoms with E-state index in [0.29, 0.717) is 5.75 Å². The first-order valence-corrected chi connectivity index (χ1v) is 10.3. The van der Waals surface area contributed by atoms with Gasteiger partial charge in [0.25, 0.3) is 0 Å². The first-order chi connectivity index (χ1) is 14.2. The molecule has 144 valence electrons. The molecule has 0 saturated carbocycles. The van der Waals surface area contributed by atoms with Crippen LogP contribution >= 0.6 is 0 Å². The van der Waals surface area contributed by atoms with Crippen molar-refractivity contribution in [2.24, 2.45) is 0 Å².